The molecule has 0 spiro atoms. The van der Waals surface area contributed by atoms with Crippen molar-refractivity contribution in [3.05, 3.63) is 34.9 Å². The topological polar surface area (TPSA) is 86.7 Å². The van der Waals surface area contributed by atoms with Crippen LogP contribution in [0.5, 0.6) is 0 Å². The van der Waals surface area contributed by atoms with Crippen LogP contribution >= 0.6 is 11.6 Å². The molecule has 1 aliphatic carbocycles. The Morgan fingerprint density at radius 1 is 1.17 bits per heavy atom. The second-order valence-electron chi connectivity index (χ2n) is 5.59. The largest absolute Gasteiger partial charge is 0.465 e. The molecule has 0 saturated heterocycles. The number of carbonyl (C=O) groups excluding carboxylic acids is 2. The average Bonchev–Trinajstić information content (AvgIpc) is 3.19. The Kier molecular flexibility index (Phi) is 5.25. The van der Waals surface area contributed by atoms with Crippen LogP contribution in [-0.4, -0.2) is 45.1 Å². The lowest BCUT2D eigenvalue weighted by molar-refractivity contribution is -0.164. The summed E-state index contributed by atoms with van der Waals surface area (Å²) in [5.41, 5.74) is -1.40. The summed E-state index contributed by atoms with van der Waals surface area (Å²) in [7, 11) is -3.72. The molecule has 0 radical (unpaired) electrons. The number of ether oxygens (including phenoxy) is 2. The van der Waals surface area contributed by atoms with Crippen molar-refractivity contribution in [2.24, 2.45) is 5.41 Å². The smallest absolute Gasteiger partial charge is 0.325 e. The Balaban J connectivity index is 2.61. The maximum absolute atomic E-state index is 12.5. The van der Waals surface area contributed by atoms with Crippen LogP contribution in [-0.2, 0) is 28.9 Å². The Bertz CT molecular complexity index is 740. The Morgan fingerprint density at radius 3 is 2.12 bits per heavy atom. The van der Waals surface area contributed by atoms with E-state index in [9.17, 15) is 18.0 Å². The number of esters is 2. The molecule has 2 rings (SSSR count). The quantitative estimate of drug-likeness (QED) is 0.558. The first-order valence-corrected chi connectivity index (χ1v) is 9.83. The zero-order chi connectivity index (χ0) is 18.1. The van der Waals surface area contributed by atoms with Gasteiger partial charge in [-0.25, -0.2) is 8.42 Å². The van der Waals surface area contributed by atoms with E-state index < -0.39 is 38.4 Å². The van der Waals surface area contributed by atoms with Crippen LogP contribution in [0, 0.1) is 5.41 Å². The lowest BCUT2D eigenvalue weighted by Crippen LogP contribution is -2.35. The molecule has 0 aliphatic heterocycles. The van der Waals surface area contributed by atoms with E-state index in [-0.39, 0.29) is 13.2 Å². The van der Waals surface area contributed by atoms with Gasteiger partial charge in [0, 0.05) is 17.2 Å². The maximum atomic E-state index is 12.5. The average molecular weight is 375 g/mol. The van der Waals surface area contributed by atoms with E-state index in [0.29, 0.717) is 10.6 Å². The van der Waals surface area contributed by atoms with E-state index >= 15 is 0 Å². The summed E-state index contributed by atoms with van der Waals surface area (Å²) < 4.78 is 34.5. The molecule has 1 aliphatic rings. The van der Waals surface area contributed by atoms with Crippen LogP contribution in [0.4, 0.5) is 0 Å². The van der Waals surface area contributed by atoms with Gasteiger partial charge in [-0.2, -0.15) is 0 Å². The first kappa shape index (κ1) is 18.7. The van der Waals surface area contributed by atoms with E-state index in [1.165, 1.54) is 0 Å². The Morgan fingerprint density at radius 2 is 1.71 bits per heavy atom. The third-order valence-corrected chi connectivity index (χ3v) is 5.83. The second kappa shape index (κ2) is 6.72. The molecule has 0 amide bonds. The third kappa shape index (κ3) is 3.02. The lowest BCUT2D eigenvalue weighted by Gasteiger charge is -2.15. The Hall–Kier alpha value is -1.60. The minimum atomic E-state index is -3.72. The standard InChI is InChI=1S/C16H19ClO6S/c1-4-22-14(18)16(15(19)23-5-2)12(13(16)24(3,20)21)10-7-6-8-11(17)9-10/h6-9,12-13H,4-5H2,1-3H3/t12-,13+/m0/s1. The van der Waals surface area contributed by atoms with Crippen molar-refractivity contribution in [3.8, 4) is 0 Å². The van der Waals surface area contributed by atoms with Crippen molar-refractivity contribution in [1.29, 1.82) is 0 Å². The molecule has 0 unspecified atom stereocenters. The molecule has 8 heteroatoms. The van der Waals surface area contributed by atoms with Gasteiger partial charge in [-0.15, -0.1) is 0 Å². The van der Waals surface area contributed by atoms with Gasteiger partial charge in [-0.1, -0.05) is 23.7 Å². The Labute approximate surface area is 146 Å². The van der Waals surface area contributed by atoms with Crippen LogP contribution in [0.25, 0.3) is 0 Å². The summed E-state index contributed by atoms with van der Waals surface area (Å²) >= 11 is 5.97. The predicted molar refractivity (Wildman–Crippen MR) is 88.5 cm³/mol. The first-order valence-electron chi connectivity index (χ1n) is 7.50. The number of halogens is 1. The van der Waals surface area contributed by atoms with Gasteiger partial charge in [0.25, 0.3) is 0 Å². The van der Waals surface area contributed by atoms with Gasteiger partial charge in [0.15, 0.2) is 15.3 Å². The van der Waals surface area contributed by atoms with E-state index in [4.69, 9.17) is 21.1 Å². The third-order valence-electron chi connectivity index (χ3n) is 4.03. The molecule has 24 heavy (non-hydrogen) atoms. The number of benzene rings is 1. The van der Waals surface area contributed by atoms with Crippen LogP contribution < -0.4 is 0 Å². The maximum Gasteiger partial charge on any atom is 0.325 e. The van der Waals surface area contributed by atoms with Crippen molar-refractivity contribution >= 4 is 33.4 Å². The van der Waals surface area contributed by atoms with Crippen molar-refractivity contribution in [1.82, 2.24) is 0 Å². The molecular weight excluding hydrogens is 356 g/mol. The summed E-state index contributed by atoms with van der Waals surface area (Å²) in [6, 6.07) is 6.44. The molecule has 0 aromatic heterocycles. The molecule has 1 aromatic carbocycles. The summed E-state index contributed by atoms with van der Waals surface area (Å²) in [4.78, 5) is 25.1. The summed E-state index contributed by atoms with van der Waals surface area (Å²) in [5.74, 6) is -2.66. The minimum absolute atomic E-state index is 0.0265. The van der Waals surface area contributed by atoms with Gasteiger partial charge in [0.05, 0.1) is 18.5 Å². The molecule has 1 fully saturated rings. The van der Waals surface area contributed by atoms with Crippen molar-refractivity contribution in [3.63, 3.8) is 0 Å². The molecule has 1 aromatic rings. The molecule has 6 nitrogen and oxygen atoms in total. The van der Waals surface area contributed by atoms with Gasteiger partial charge in [-0.05, 0) is 31.5 Å². The van der Waals surface area contributed by atoms with E-state index in [1.807, 2.05) is 0 Å². The monoisotopic (exact) mass is 374 g/mol. The molecule has 0 N–H and O–H groups in total. The highest BCUT2D eigenvalue weighted by atomic mass is 35.5. The second-order valence-corrected chi connectivity index (χ2v) is 8.20. The zero-order valence-electron chi connectivity index (χ0n) is 13.6. The highest BCUT2D eigenvalue weighted by molar-refractivity contribution is 7.91. The zero-order valence-corrected chi connectivity index (χ0v) is 15.2. The fourth-order valence-electron chi connectivity index (χ4n) is 3.15. The van der Waals surface area contributed by atoms with Crippen LogP contribution in [0.1, 0.15) is 25.3 Å². The number of sulfone groups is 1. The van der Waals surface area contributed by atoms with Gasteiger partial charge in [0.2, 0.25) is 0 Å². The number of carbonyl (C=O) groups is 2. The summed E-state index contributed by atoms with van der Waals surface area (Å²) in [5, 5.41) is -0.852. The van der Waals surface area contributed by atoms with Gasteiger partial charge < -0.3 is 9.47 Å². The van der Waals surface area contributed by atoms with E-state index in [0.717, 1.165) is 6.26 Å². The number of hydrogen-bond acceptors (Lipinski definition) is 6. The van der Waals surface area contributed by atoms with E-state index in [2.05, 4.69) is 0 Å². The van der Waals surface area contributed by atoms with Crippen LogP contribution in [0.15, 0.2) is 24.3 Å². The minimum Gasteiger partial charge on any atom is -0.465 e. The van der Waals surface area contributed by atoms with Gasteiger partial charge in [0.1, 0.15) is 0 Å². The van der Waals surface area contributed by atoms with E-state index in [1.54, 1.807) is 38.1 Å². The lowest BCUT2D eigenvalue weighted by atomic mass is 9.99. The van der Waals surface area contributed by atoms with Crippen LogP contribution in [0.2, 0.25) is 5.02 Å². The van der Waals surface area contributed by atoms with Gasteiger partial charge in [-0.3, -0.25) is 9.59 Å². The summed E-state index contributed by atoms with van der Waals surface area (Å²) in [6.45, 7) is 3.23. The molecule has 132 valence electrons. The highest BCUT2D eigenvalue weighted by Gasteiger charge is 2.81. The van der Waals surface area contributed by atoms with Crippen molar-refractivity contribution in [2.75, 3.05) is 19.5 Å². The fourth-order valence-corrected chi connectivity index (χ4v) is 5.15. The van der Waals surface area contributed by atoms with Crippen molar-refractivity contribution < 1.29 is 27.5 Å². The molecule has 0 bridgehead atoms. The highest BCUT2D eigenvalue weighted by Crippen LogP contribution is 2.64. The number of hydrogen-bond donors (Lipinski definition) is 0. The molecular formula is C16H19ClO6S. The fraction of sp³-hybridized carbons (Fsp3) is 0.500. The predicted octanol–water partition coefficient (Wildman–Crippen LogP) is 1.96. The molecule has 2 atom stereocenters. The number of rotatable bonds is 6. The summed E-state index contributed by atoms with van der Waals surface area (Å²) in [6.07, 6.45) is 0.995. The SMILES string of the molecule is CCOC(=O)C1(C(=O)OCC)[C@H](S(C)(=O)=O)[C@@H]1c1cccc(Cl)c1. The normalized spacial score (nSPS) is 21.8. The molecule has 0 heterocycles. The van der Waals surface area contributed by atoms with Crippen molar-refractivity contribution in [2.45, 2.75) is 25.0 Å². The van der Waals surface area contributed by atoms with Crippen LogP contribution in [0.3, 0.4) is 0 Å². The van der Waals surface area contributed by atoms with Gasteiger partial charge >= 0.3 is 11.9 Å². The molecule has 1 saturated carbocycles. The first-order chi connectivity index (χ1) is 11.2.